The molecule has 29 heavy (non-hydrogen) atoms. The van der Waals surface area contributed by atoms with Crippen LogP contribution in [0.15, 0.2) is 65.5 Å². The number of nitrogens with one attached hydrogen (secondary N) is 1. The second-order valence-electron chi connectivity index (χ2n) is 6.70. The van der Waals surface area contributed by atoms with Crippen molar-refractivity contribution in [1.29, 1.82) is 0 Å². The first-order chi connectivity index (χ1) is 14.1. The van der Waals surface area contributed by atoms with Crippen LogP contribution in [0.1, 0.15) is 40.6 Å². The lowest BCUT2D eigenvalue weighted by Crippen LogP contribution is -2.27. The van der Waals surface area contributed by atoms with E-state index in [1.807, 2.05) is 56.3 Å². The number of hydrogen-bond donors (Lipinski definition) is 1. The first-order valence-corrected chi connectivity index (χ1v) is 9.24. The number of pyridine rings is 2. The summed E-state index contributed by atoms with van der Waals surface area (Å²) in [7, 11) is 0. The number of amides is 1. The summed E-state index contributed by atoms with van der Waals surface area (Å²) in [5.41, 5.74) is 2.80. The van der Waals surface area contributed by atoms with Crippen molar-refractivity contribution in [1.82, 2.24) is 20.3 Å². The highest BCUT2D eigenvalue weighted by atomic mass is 16.5. The average Bonchev–Trinajstić information content (AvgIpc) is 3.22. The molecule has 0 fully saturated rings. The molecule has 1 amide bonds. The van der Waals surface area contributed by atoms with Gasteiger partial charge in [0.25, 0.3) is 5.91 Å². The maximum Gasteiger partial charge on any atom is 0.273 e. The molecule has 0 aliphatic heterocycles. The predicted molar refractivity (Wildman–Crippen MR) is 107 cm³/mol. The molecule has 7 nitrogen and oxygen atoms in total. The lowest BCUT2D eigenvalue weighted by molar-refractivity contribution is 0.0934. The molecule has 1 atom stereocenters. The fourth-order valence-corrected chi connectivity index (χ4v) is 2.89. The Bertz CT molecular complexity index is 1130. The van der Waals surface area contributed by atoms with Gasteiger partial charge in [0, 0.05) is 17.8 Å². The van der Waals surface area contributed by atoms with E-state index in [9.17, 15) is 4.79 Å². The van der Waals surface area contributed by atoms with Crippen LogP contribution in [0.3, 0.4) is 0 Å². The van der Waals surface area contributed by atoms with Gasteiger partial charge >= 0.3 is 0 Å². The molecule has 4 aromatic rings. The van der Waals surface area contributed by atoms with E-state index in [0.29, 0.717) is 11.6 Å². The average molecular weight is 388 g/mol. The van der Waals surface area contributed by atoms with Gasteiger partial charge in [-0.3, -0.25) is 14.8 Å². The Hall–Kier alpha value is -3.74. The Morgan fingerprint density at radius 3 is 2.86 bits per heavy atom. The van der Waals surface area contributed by atoms with Gasteiger partial charge in [-0.2, -0.15) is 0 Å². The van der Waals surface area contributed by atoms with E-state index in [-0.39, 0.29) is 24.2 Å². The fraction of sp³-hybridized carbons (Fsp3) is 0.182. The van der Waals surface area contributed by atoms with Crippen LogP contribution in [0.5, 0.6) is 5.75 Å². The summed E-state index contributed by atoms with van der Waals surface area (Å²) < 4.78 is 11.2. The largest absolute Gasteiger partial charge is 0.482 e. The molecule has 3 aromatic heterocycles. The third-order valence-electron chi connectivity index (χ3n) is 4.46. The number of aryl methyl sites for hydroxylation is 1. The zero-order valence-electron chi connectivity index (χ0n) is 16.1. The molecule has 4 rings (SSSR count). The van der Waals surface area contributed by atoms with E-state index in [1.54, 1.807) is 12.4 Å². The van der Waals surface area contributed by atoms with Gasteiger partial charge < -0.3 is 14.5 Å². The zero-order valence-corrected chi connectivity index (χ0v) is 16.1. The summed E-state index contributed by atoms with van der Waals surface area (Å²) in [4.78, 5) is 25.3. The zero-order chi connectivity index (χ0) is 20.2. The molecule has 0 saturated heterocycles. The number of benzene rings is 1. The van der Waals surface area contributed by atoms with Gasteiger partial charge in [0.2, 0.25) is 5.89 Å². The van der Waals surface area contributed by atoms with Gasteiger partial charge in [-0.15, -0.1) is 0 Å². The summed E-state index contributed by atoms with van der Waals surface area (Å²) >= 11 is 0. The van der Waals surface area contributed by atoms with Crippen LogP contribution >= 0.6 is 0 Å². The highest BCUT2D eigenvalue weighted by Gasteiger charge is 2.17. The summed E-state index contributed by atoms with van der Waals surface area (Å²) in [5.74, 6) is 0.609. The number of oxazole rings is 1. The molecule has 0 aliphatic rings. The second kappa shape index (κ2) is 8.10. The number of nitrogens with zero attached hydrogens (tertiary/aromatic N) is 3. The van der Waals surface area contributed by atoms with Crippen molar-refractivity contribution in [3.8, 4) is 5.75 Å². The first-order valence-electron chi connectivity index (χ1n) is 9.24. The van der Waals surface area contributed by atoms with Gasteiger partial charge in [-0.25, -0.2) is 4.98 Å². The minimum Gasteiger partial charge on any atom is -0.482 e. The molecule has 0 radical (unpaired) electrons. The third-order valence-corrected chi connectivity index (χ3v) is 4.46. The quantitative estimate of drug-likeness (QED) is 0.537. The maximum atomic E-state index is 12.4. The molecular formula is C22H20N4O3. The summed E-state index contributed by atoms with van der Waals surface area (Å²) in [6.45, 7) is 3.93. The molecule has 7 heteroatoms. The van der Waals surface area contributed by atoms with Crippen molar-refractivity contribution in [3.63, 3.8) is 0 Å². The van der Waals surface area contributed by atoms with E-state index in [1.165, 1.54) is 6.26 Å². The van der Waals surface area contributed by atoms with Gasteiger partial charge in [0.15, 0.2) is 12.3 Å². The van der Waals surface area contributed by atoms with E-state index < -0.39 is 0 Å². The molecule has 1 aromatic carbocycles. The fourth-order valence-electron chi connectivity index (χ4n) is 2.89. The lowest BCUT2D eigenvalue weighted by atomic mass is 10.2. The number of fused-ring (bicyclic) bond motifs is 1. The maximum absolute atomic E-state index is 12.4. The smallest absolute Gasteiger partial charge is 0.273 e. The van der Waals surface area contributed by atoms with E-state index >= 15 is 0 Å². The Kier molecular flexibility index (Phi) is 5.20. The van der Waals surface area contributed by atoms with Crippen molar-refractivity contribution >= 4 is 16.8 Å². The predicted octanol–water partition coefficient (Wildman–Crippen LogP) is 4.00. The van der Waals surface area contributed by atoms with Gasteiger partial charge in [-0.1, -0.05) is 24.3 Å². The Labute approximate surface area is 167 Å². The van der Waals surface area contributed by atoms with Crippen molar-refractivity contribution in [3.05, 3.63) is 84.0 Å². The first kappa shape index (κ1) is 18.6. The van der Waals surface area contributed by atoms with E-state index in [4.69, 9.17) is 9.15 Å². The van der Waals surface area contributed by atoms with Gasteiger partial charge in [0.05, 0.1) is 11.7 Å². The SMILES string of the molecule is Cc1ccc(C(C)NC(=O)c2coc(COc3cccc4cccnc34)n2)nc1. The molecule has 146 valence electrons. The minimum atomic E-state index is -0.332. The standard InChI is InChI=1S/C22H20N4O3/c1-14-8-9-17(24-11-14)15(2)25-22(27)18-12-29-20(26-18)13-28-19-7-3-5-16-6-4-10-23-21(16)19/h3-12,15H,13H2,1-2H3,(H,25,27). The molecule has 1 unspecified atom stereocenters. The Morgan fingerprint density at radius 2 is 2.03 bits per heavy atom. The summed E-state index contributed by atoms with van der Waals surface area (Å²) in [6.07, 6.45) is 4.81. The third kappa shape index (κ3) is 4.24. The summed E-state index contributed by atoms with van der Waals surface area (Å²) in [6, 6.07) is 13.1. The highest BCUT2D eigenvalue weighted by molar-refractivity contribution is 5.92. The molecule has 0 saturated carbocycles. The van der Waals surface area contributed by atoms with Crippen molar-refractivity contribution in [2.45, 2.75) is 26.5 Å². The molecule has 0 aliphatic carbocycles. The summed E-state index contributed by atoms with van der Waals surface area (Å²) in [5, 5.41) is 3.85. The molecule has 0 bridgehead atoms. The van der Waals surface area contributed by atoms with Gasteiger partial charge in [-0.05, 0) is 37.6 Å². The molecule has 1 N–H and O–H groups in total. The van der Waals surface area contributed by atoms with E-state index in [0.717, 1.165) is 22.2 Å². The van der Waals surface area contributed by atoms with Crippen LogP contribution in [0.2, 0.25) is 0 Å². The Balaban J connectivity index is 1.40. The number of aromatic nitrogens is 3. The number of hydrogen-bond acceptors (Lipinski definition) is 6. The van der Waals surface area contributed by atoms with Crippen molar-refractivity contribution < 1.29 is 13.9 Å². The van der Waals surface area contributed by atoms with Crippen molar-refractivity contribution in [2.24, 2.45) is 0 Å². The number of carbonyl (C=O) groups is 1. The second-order valence-corrected chi connectivity index (χ2v) is 6.70. The lowest BCUT2D eigenvalue weighted by Gasteiger charge is -2.12. The van der Waals surface area contributed by atoms with E-state index in [2.05, 4.69) is 20.3 Å². The van der Waals surface area contributed by atoms with Gasteiger partial charge in [0.1, 0.15) is 17.5 Å². The van der Waals surface area contributed by atoms with Crippen LogP contribution in [-0.2, 0) is 6.61 Å². The Morgan fingerprint density at radius 1 is 1.17 bits per heavy atom. The topological polar surface area (TPSA) is 90.1 Å². The van der Waals surface area contributed by atoms with Crippen LogP contribution in [-0.4, -0.2) is 20.9 Å². The number of carbonyl (C=O) groups excluding carboxylic acids is 1. The number of ether oxygens (including phenoxy) is 1. The monoisotopic (exact) mass is 388 g/mol. The van der Waals surface area contributed by atoms with Crippen LogP contribution in [0.4, 0.5) is 0 Å². The van der Waals surface area contributed by atoms with Crippen LogP contribution < -0.4 is 10.1 Å². The normalized spacial score (nSPS) is 11.9. The molecule has 0 spiro atoms. The van der Waals surface area contributed by atoms with Crippen molar-refractivity contribution in [2.75, 3.05) is 0 Å². The van der Waals surface area contributed by atoms with Crippen LogP contribution in [0.25, 0.3) is 10.9 Å². The molecular weight excluding hydrogens is 368 g/mol. The minimum absolute atomic E-state index is 0.0953. The number of rotatable bonds is 6. The molecule has 3 heterocycles. The van der Waals surface area contributed by atoms with Crippen LogP contribution in [0, 0.1) is 6.92 Å². The number of para-hydroxylation sites is 1. The highest BCUT2D eigenvalue weighted by Crippen LogP contribution is 2.23.